The van der Waals surface area contributed by atoms with Gasteiger partial charge in [-0.15, -0.1) is 0 Å². The molecule has 3 aromatic rings. The molecule has 2 atom stereocenters. The van der Waals surface area contributed by atoms with E-state index in [1.807, 2.05) is 66.7 Å². The van der Waals surface area contributed by atoms with E-state index in [2.05, 4.69) is 10.5 Å². The summed E-state index contributed by atoms with van der Waals surface area (Å²) in [7, 11) is 0. The quantitative estimate of drug-likeness (QED) is 0.340. The first-order valence-corrected chi connectivity index (χ1v) is 10.0. The van der Waals surface area contributed by atoms with Crippen molar-refractivity contribution in [1.29, 1.82) is 0 Å². The molecule has 0 heterocycles. The van der Waals surface area contributed by atoms with Gasteiger partial charge in [0.1, 0.15) is 0 Å². The lowest BCUT2D eigenvalue weighted by Gasteiger charge is -2.05. The van der Waals surface area contributed by atoms with Crippen molar-refractivity contribution in [1.82, 2.24) is 5.43 Å². The normalized spacial score (nSPS) is 18.0. The van der Waals surface area contributed by atoms with Gasteiger partial charge in [0.15, 0.2) is 0 Å². The average molecular weight is 411 g/mol. The van der Waals surface area contributed by atoms with Crippen LogP contribution in [0.25, 0.3) is 6.08 Å². The molecule has 3 aromatic carbocycles. The van der Waals surface area contributed by atoms with E-state index in [4.69, 9.17) is 0 Å². The minimum absolute atomic E-state index is 0.0315. The second-order valence-electron chi connectivity index (χ2n) is 7.38. The second-order valence-corrected chi connectivity index (χ2v) is 7.38. The van der Waals surface area contributed by atoms with Crippen LogP contribution in [0, 0.1) is 16.0 Å². The fraction of sp³-hybridized carbons (Fsp3) is 0.120. The summed E-state index contributed by atoms with van der Waals surface area (Å²) in [5, 5.41) is 15.5. The molecule has 1 amide bonds. The highest BCUT2D eigenvalue weighted by atomic mass is 16.6. The number of amides is 1. The number of rotatable bonds is 7. The minimum atomic E-state index is -0.449. The van der Waals surface area contributed by atoms with E-state index in [0.717, 1.165) is 17.5 Å². The van der Waals surface area contributed by atoms with Gasteiger partial charge in [0.2, 0.25) is 5.91 Å². The number of carbonyl (C=O) groups excluding carboxylic acids is 1. The summed E-state index contributed by atoms with van der Waals surface area (Å²) in [5.74, 6) is -0.0574. The molecule has 1 N–H and O–H groups in total. The number of nitrogens with zero attached hydrogens (tertiary/aromatic N) is 2. The highest BCUT2D eigenvalue weighted by molar-refractivity contribution is 6.11. The lowest BCUT2D eigenvalue weighted by Crippen LogP contribution is -2.21. The molecule has 1 aliphatic rings. The lowest BCUT2D eigenvalue weighted by molar-refractivity contribution is -0.384. The third-order valence-electron chi connectivity index (χ3n) is 5.23. The highest BCUT2D eigenvalue weighted by Gasteiger charge is 2.43. The minimum Gasteiger partial charge on any atom is -0.273 e. The number of hydrogen-bond acceptors (Lipinski definition) is 4. The van der Waals surface area contributed by atoms with Gasteiger partial charge in [-0.2, -0.15) is 5.10 Å². The zero-order chi connectivity index (χ0) is 21.6. The van der Waals surface area contributed by atoms with Crippen molar-refractivity contribution >= 4 is 23.4 Å². The Morgan fingerprint density at radius 2 is 1.71 bits per heavy atom. The van der Waals surface area contributed by atoms with Crippen molar-refractivity contribution in [2.24, 2.45) is 11.0 Å². The zero-order valence-electron chi connectivity index (χ0n) is 16.7. The average Bonchev–Trinajstić information content (AvgIpc) is 3.61. The van der Waals surface area contributed by atoms with Crippen LogP contribution in [0.2, 0.25) is 0 Å². The van der Waals surface area contributed by atoms with Crippen LogP contribution in [0.5, 0.6) is 0 Å². The van der Waals surface area contributed by atoms with Gasteiger partial charge in [0.05, 0.1) is 10.6 Å². The van der Waals surface area contributed by atoms with Crippen LogP contribution in [0.4, 0.5) is 5.69 Å². The number of carbonyl (C=O) groups is 1. The number of nitro groups is 1. The first-order valence-electron chi connectivity index (χ1n) is 10.0. The molecule has 154 valence electrons. The van der Waals surface area contributed by atoms with Crippen LogP contribution in [0.15, 0.2) is 96.1 Å². The maximum atomic E-state index is 12.6. The maximum absolute atomic E-state index is 12.6. The Bertz CT molecular complexity index is 1140. The van der Waals surface area contributed by atoms with Crippen LogP contribution in [0.1, 0.15) is 29.0 Å². The van der Waals surface area contributed by atoms with Gasteiger partial charge in [0.25, 0.3) is 5.69 Å². The van der Waals surface area contributed by atoms with Gasteiger partial charge in [-0.1, -0.05) is 78.9 Å². The zero-order valence-corrected chi connectivity index (χ0v) is 16.7. The lowest BCUT2D eigenvalue weighted by atomic mass is 10.1. The molecule has 0 bridgehead atoms. The van der Waals surface area contributed by atoms with Crippen LogP contribution >= 0.6 is 0 Å². The van der Waals surface area contributed by atoms with E-state index in [0.29, 0.717) is 11.3 Å². The monoisotopic (exact) mass is 411 g/mol. The summed E-state index contributed by atoms with van der Waals surface area (Å²) in [6.07, 6.45) is 4.39. The third kappa shape index (κ3) is 5.11. The molecule has 0 aliphatic heterocycles. The van der Waals surface area contributed by atoms with Gasteiger partial charge in [-0.25, -0.2) is 5.43 Å². The molecule has 1 aliphatic carbocycles. The van der Waals surface area contributed by atoms with E-state index in [1.165, 1.54) is 12.1 Å². The number of nitrogens with one attached hydrogen (secondary N) is 1. The summed E-state index contributed by atoms with van der Waals surface area (Å²) in [4.78, 5) is 23.3. The molecule has 0 saturated heterocycles. The van der Waals surface area contributed by atoms with Crippen LogP contribution < -0.4 is 5.43 Å². The number of allylic oxidation sites excluding steroid dienone is 1. The number of hydrazone groups is 1. The van der Waals surface area contributed by atoms with E-state index >= 15 is 0 Å². The number of nitro benzene ring substituents is 1. The number of hydrogen-bond donors (Lipinski definition) is 1. The molecule has 1 fully saturated rings. The molecule has 0 spiro atoms. The maximum Gasteiger partial charge on any atom is 0.270 e. The summed E-state index contributed by atoms with van der Waals surface area (Å²) in [6, 6.07) is 25.8. The summed E-state index contributed by atoms with van der Waals surface area (Å²) in [6.45, 7) is 0. The second kappa shape index (κ2) is 9.17. The van der Waals surface area contributed by atoms with Crippen molar-refractivity contribution in [3.63, 3.8) is 0 Å². The summed E-state index contributed by atoms with van der Waals surface area (Å²) in [5.41, 5.74) is 5.72. The third-order valence-corrected chi connectivity index (χ3v) is 5.23. The van der Waals surface area contributed by atoms with Gasteiger partial charge < -0.3 is 0 Å². The largest absolute Gasteiger partial charge is 0.273 e. The summed E-state index contributed by atoms with van der Waals surface area (Å²) >= 11 is 0. The molecular weight excluding hydrogens is 390 g/mol. The molecule has 1 saturated carbocycles. The molecular formula is C25H21N3O3. The molecule has 31 heavy (non-hydrogen) atoms. The fourth-order valence-corrected chi connectivity index (χ4v) is 3.47. The predicted molar refractivity (Wildman–Crippen MR) is 121 cm³/mol. The van der Waals surface area contributed by atoms with Gasteiger partial charge >= 0.3 is 0 Å². The van der Waals surface area contributed by atoms with Crippen molar-refractivity contribution < 1.29 is 9.72 Å². The van der Waals surface area contributed by atoms with Crippen LogP contribution in [0.3, 0.4) is 0 Å². The standard InChI is InChI=1S/C25H21N3O3/c29-25(23-17-22(23)19-10-5-2-6-11-19)27-26-24(15-14-18-8-3-1-4-9-18)20-12-7-13-21(16-20)28(30)31/h1-16,22-23H,17H2,(H,27,29)/b15-14+,26-24-. The molecule has 0 aromatic heterocycles. The van der Waals surface area contributed by atoms with Crippen molar-refractivity contribution in [3.8, 4) is 0 Å². The Kier molecular flexibility index (Phi) is 5.98. The van der Waals surface area contributed by atoms with Crippen molar-refractivity contribution in [2.45, 2.75) is 12.3 Å². The van der Waals surface area contributed by atoms with Crippen LogP contribution in [-0.2, 0) is 4.79 Å². The van der Waals surface area contributed by atoms with E-state index in [9.17, 15) is 14.9 Å². The Morgan fingerprint density at radius 1 is 1.00 bits per heavy atom. The fourth-order valence-electron chi connectivity index (χ4n) is 3.47. The van der Waals surface area contributed by atoms with Gasteiger partial charge in [-0.05, 0) is 29.5 Å². The number of non-ortho nitro benzene ring substituents is 1. The Hall–Kier alpha value is -4.06. The molecule has 6 nitrogen and oxygen atoms in total. The smallest absolute Gasteiger partial charge is 0.270 e. The SMILES string of the molecule is O=C(N/N=C(/C=C/c1ccccc1)c1cccc([N+](=O)[O-])c1)C1CC1c1ccccc1. The number of benzene rings is 3. The first kappa shape index (κ1) is 20.2. The predicted octanol–water partition coefficient (Wildman–Crippen LogP) is 4.93. The Balaban J connectivity index is 1.54. The van der Waals surface area contributed by atoms with E-state index in [1.54, 1.807) is 18.2 Å². The summed E-state index contributed by atoms with van der Waals surface area (Å²) < 4.78 is 0. The van der Waals surface area contributed by atoms with Crippen LogP contribution in [-0.4, -0.2) is 16.5 Å². The van der Waals surface area contributed by atoms with Crippen molar-refractivity contribution in [2.75, 3.05) is 0 Å². The highest BCUT2D eigenvalue weighted by Crippen LogP contribution is 2.47. The van der Waals surface area contributed by atoms with Gasteiger partial charge in [-0.3, -0.25) is 14.9 Å². The van der Waals surface area contributed by atoms with Gasteiger partial charge in [0, 0.05) is 23.6 Å². The Labute approximate surface area is 180 Å². The topological polar surface area (TPSA) is 84.6 Å². The van der Waals surface area contributed by atoms with Crippen molar-refractivity contribution in [3.05, 3.63) is 118 Å². The van der Waals surface area contributed by atoms with E-state index < -0.39 is 4.92 Å². The Morgan fingerprint density at radius 3 is 2.42 bits per heavy atom. The molecule has 2 unspecified atom stereocenters. The molecule has 4 rings (SSSR count). The van der Waals surface area contributed by atoms with E-state index in [-0.39, 0.29) is 23.4 Å². The molecule has 0 radical (unpaired) electrons. The molecule has 6 heteroatoms. The first-order chi connectivity index (χ1) is 15.1.